The lowest BCUT2D eigenvalue weighted by Gasteiger charge is -2.42. The number of benzene rings is 1. The van der Waals surface area contributed by atoms with Crippen molar-refractivity contribution in [3.8, 4) is 0 Å². The molecule has 98 valence electrons. The Labute approximate surface area is 116 Å². The predicted octanol–water partition coefficient (Wildman–Crippen LogP) is 1.05. The zero-order valence-electron chi connectivity index (χ0n) is 10.4. The molecule has 1 aromatic rings. The Bertz CT molecular complexity index is 446. The quantitative estimate of drug-likeness (QED) is 0.877. The molecular weight excluding hydrogens is 294 g/mol. The molecule has 2 rings (SSSR count). The monoisotopic (exact) mass is 311 g/mol. The highest BCUT2D eigenvalue weighted by Gasteiger charge is 2.41. The summed E-state index contributed by atoms with van der Waals surface area (Å²) in [5.74, 6) is -0.309. The zero-order valence-corrected chi connectivity index (χ0v) is 12.0. The van der Waals surface area contributed by atoms with E-state index in [0.717, 1.165) is 36.2 Å². The lowest BCUT2D eigenvalue weighted by molar-refractivity contribution is -0.130. The van der Waals surface area contributed by atoms with E-state index < -0.39 is 5.54 Å². The van der Waals surface area contributed by atoms with Gasteiger partial charge in [0.15, 0.2) is 0 Å². The lowest BCUT2D eigenvalue weighted by atomic mass is 9.88. The molecule has 0 bridgehead atoms. The molecule has 1 heterocycles. The van der Waals surface area contributed by atoms with Crippen molar-refractivity contribution in [3.05, 3.63) is 34.3 Å². The van der Waals surface area contributed by atoms with E-state index in [2.05, 4.69) is 26.1 Å². The first-order chi connectivity index (χ1) is 8.56. The molecule has 5 heteroatoms. The minimum absolute atomic E-state index is 0.309. The van der Waals surface area contributed by atoms with E-state index >= 15 is 0 Å². The summed E-state index contributed by atoms with van der Waals surface area (Å²) in [6.45, 7) is 5.31. The van der Waals surface area contributed by atoms with Gasteiger partial charge in [-0.2, -0.15) is 0 Å². The number of rotatable bonds is 3. The molecular formula is C13H18BrN3O. The molecule has 1 atom stereocenters. The number of amides is 1. The molecule has 1 saturated heterocycles. The van der Waals surface area contributed by atoms with E-state index in [0.29, 0.717) is 0 Å². The normalized spacial score (nSPS) is 20.3. The third-order valence-electron chi connectivity index (χ3n) is 3.63. The van der Waals surface area contributed by atoms with Crippen LogP contribution >= 0.6 is 15.9 Å². The van der Waals surface area contributed by atoms with Crippen LogP contribution in [-0.2, 0) is 10.3 Å². The van der Waals surface area contributed by atoms with Gasteiger partial charge in [-0.25, -0.2) is 0 Å². The maximum absolute atomic E-state index is 12.0. The Balaban J connectivity index is 2.43. The summed E-state index contributed by atoms with van der Waals surface area (Å²) < 4.78 is 0.921. The molecule has 0 aromatic heterocycles. The molecule has 1 aliphatic rings. The van der Waals surface area contributed by atoms with Crippen molar-refractivity contribution in [2.24, 2.45) is 5.73 Å². The Kier molecular flexibility index (Phi) is 4.04. The van der Waals surface area contributed by atoms with E-state index in [9.17, 15) is 4.79 Å². The highest BCUT2D eigenvalue weighted by atomic mass is 79.9. The van der Waals surface area contributed by atoms with Crippen molar-refractivity contribution < 1.29 is 4.79 Å². The van der Waals surface area contributed by atoms with Gasteiger partial charge in [0.05, 0.1) is 0 Å². The van der Waals surface area contributed by atoms with Gasteiger partial charge in [-0.15, -0.1) is 0 Å². The first-order valence-corrected chi connectivity index (χ1v) is 6.87. The average molecular weight is 312 g/mol. The fourth-order valence-electron chi connectivity index (χ4n) is 2.43. The summed E-state index contributed by atoms with van der Waals surface area (Å²) in [5, 5.41) is 3.29. The minimum Gasteiger partial charge on any atom is -0.368 e. The standard InChI is InChI=1S/C13H18BrN3O/c1-13(12(15)18,17-8-6-16-7-9-17)10-4-2-3-5-11(10)14/h2-5,16H,6-9H2,1H3,(H2,15,18). The van der Waals surface area contributed by atoms with Crippen LogP contribution in [0, 0.1) is 0 Å². The number of nitrogens with zero attached hydrogens (tertiary/aromatic N) is 1. The second-order valence-electron chi connectivity index (χ2n) is 4.65. The van der Waals surface area contributed by atoms with Crippen molar-refractivity contribution in [2.75, 3.05) is 26.2 Å². The summed E-state index contributed by atoms with van der Waals surface area (Å²) in [6.07, 6.45) is 0. The number of nitrogens with two attached hydrogens (primary N) is 1. The summed E-state index contributed by atoms with van der Waals surface area (Å²) >= 11 is 3.52. The van der Waals surface area contributed by atoms with Crippen LogP contribution in [0.5, 0.6) is 0 Å². The molecule has 1 amide bonds. The number of carbonyl (C=O) groups is 1. The number of nitrogens with one attached hydrogen (secondary N) is 1. The summed E-state index contributed by atoms with van der Waals surface area (Å²) in [6, 6.07) is 7.77. The Morgan fingerprint density at radius 1 is 1.39 bits per heavy atom. The van der Waals surface area contributed by atoms with Gasteiger partial charge in [-0.1, -0.05) is 34.1 Å². The van der Waals surface area contributed by atoms with Gasteiger partial charge >= 0.3 is 0 Å². The molecule has 1 aromatic carbocycles. The third-order valence-corrected chi connectivity index (χ3v) is 4.32. The zero-order chi connectivity index (χ0) is 13.2. The van der Waals surface area contributed by atoms with Gasteiger partial charge in [-0.05, 0) is 18.6 Å². The second-order valence-corrected chi connectivity index (χ2v) is 5.51. The van der Waals surface area contributed by atoms with Crippen LogP contribution in [0.2, 0.25) is 0 Å². The van der Waals surface area contributed by atoms with Crippen LogP contribution < -0.4 is 11.1 Å². The van der Waals surface area contributed by atoms with E-state index in [4.69, 9.17) is 5.73 Å². The lowest BCUT2D eigenvalue weighted by Crippen LogP contribution is -2.58. The molecule has 0 saturated carbocycles. The van der Waals surface area contributed by atoms with Crippen molar-refractivity contribution in [1.82, 2.24) is 10.2 Å². The Morgan fingerprint density at radius 2 is 2.00 bits per heavy atom. The van der Waals surface area contributed by atoms with Crippen LogP contribution in [0.15, 0.2) is 28.7 Å². The van der Waals surface area contributed by atoms with Gasteiger partial charge < -0.3 is 11.1 Å². The van der Waals surface area contributed by atoms with E-state index in [1.165, 1.54) is 0 Å². The fraction of sp³-hybridized carbons (Fsp3) is 0.462. The predicted molar refractivity (Wildman–Crippen MR) is 75.1 cm³/mol. The van der Waals surface area contributed by atoms with Gasteiger partial charge in [0.25, 0.3) is 0 Å². The van der Waals surface area contributed by atoms with Gasteiger partial charge in [-0.3, -0.25) is 9.69 Å². The molecule has 18 heavy (non-hydrogen) atoms. The molecule has 1 fully saturated rings. The summed E-state index contributed by atoms with van der Waals surface area (Å²) in [7, 11) is 0. The molecule has 1 unspecified atom stereocenters. The van der Waals surface area contributed by atoms with E-state index in [1.54, 1.807) is 0 Å². The minimum atomic E-state index is -0.762. The van der Waals surface area contributed by atoms with Crippen molar-refractivity contribution in [1.29, 1.82) is 0 Å². The maximum atomic E-state index is 12.0. The first-order valence-electron chi connectivity index (χ1n) is 6.07. The van der Waals surface area contributed by atoms with Crippen LogP contribution in [-0.4, -0.2) is 37.0 Å². The fourth-order valence-corrected chi connectivity index (χ4v) is 3.10. The SMILES string of the molecule is CC(C(N)=O)(c1ccccc1Br)N1CCNCC1. The number of piperazine rings is 1. The molecule has 0 spiro atoms. The summed E-state index contributed by atoms with van der Waals surface area (Å²) in [5.41, 5.74) is 5.85. The van der Waals surface area contributed by atoms with Crippen LogP contribution in [0.1, 0.15) is 12.5 Å². The highest BCUT2D eigenvalue weighted by Crippen LogP contribution is 2.33. The molecule has 3 N–H and O–H groups in total. The number of hydrogen-bond donors (Lipinski definition) is 2. The second kappa shape index (κ2) is 5.38. The smallest absolute Gasteiger partial charge is 0.242 e. The average Bonchev–Trinajstić information content (AvgIpc) is 2.39. The number of hydrogen-bond acceptors (Lipinski definition) is 3. The molecule has 0 radical (unpaired) electrons. The Morgan fingerprint density at radius 3 is 2.56 bits per heavy atom. The molecule has 1 aliphatic heterocycles. The number of carbonyl (C=O) groups excluding carboxylic acids is 1. The van der Waals surface area contributed by atoms with Gasteiger partial charge in [0.2, 0.25) is 5.91 Å². The van der Waals surface area contributed by atoms with Crippen molar-refractivity contribution in [2.45, 2.75) is 12.5 Å². The number of primary amides is 1. The van der Waals surface area contributed by atoms with Crippen molar-refractivity contribution in [3.63, 3.8) is 0 Å². The van der Waals surface area contributed by atoms with Crippen molar-refractivity contribution >= 4 is 21.8 Å². The van der Waals surface area contributed by atoms with Gasteiger partial charge in [0, 0.05) is 30.7 Å². The summed E-state index contributed by atoms with van der Waals surface area (Å²) in [4.78, 5) is 14.2. The Hall–Kier alpha value is -0.910. The molecule has 4 nitrogen and oxygen atoms in total. The van der Waals surface area contributed by atoms with Crippen LogP contribution in [0.4, 0.5) is 0 Å². The first kappa shape index (κ1) is 13.5. The van der Waals surface area contributed by atoms with Crippen LogP contribution in [0.3, 0.4) is 0 Å². The van der Waals surface area contributed by atoms with E-state index in [1.807, 2.05) is 31.2 Å². The van der Waals surface area contributed by atoms with Gasteiger partial charge in [0.1, 0.15) is 5.54 Å². The molecule has 0 aliphatic carbocycles. The number of halogens is 1. The highest BCUT2D eigenvalue weighted by molar-refractivity contribution is 9.10. The third kappa shape index (κ3) is 2.30. The van der Waals surface area contributed by atoms with E-state index in [-0.39, 0.29) is 5.91 Å². The maximum Gasteiger partial charge on any atom is 0.242 e. The van der Waals surface area contributed by atoms with Crippen LogP contribution in [0.25, 0.3) is 0 Å². The topological polar surface area (TPSA) is 58.4 Å². The largest absolute Gasteiger partial charge is 0.368 e.